The molecule has 1 heterocycles. The summed E-state index contributed by atoms with van der Waals surface area (Å²) in [5.41, 5.74) is 2.02. The molecule has 1 aromatic heterocycles. The number of aryl methyl sites for hydroxylation is 1. The molecular formula is C13H16N2O2. The van der Waals surface area contributed by atoms with E-state index in [0.29, 0.717) is 13.2 Å². The maximum absolute atomic E-state index is 5.59. The van der Waals surface area contributed by atoms with Gasteiger partial charge in [0.1, 0.15) is 11.5 Å². The number of rotatable bonds is 5. The molecule has 0 saturated carbocycles. The van der Waals surface area contributed by atoms with Crippen molar-refractivity contribution in [2.24, 2.45) is 0 Å². The minimum Gasteiger partial charge on any atom is -0.361 e. The number of hydroxylamine groups is 2. The van der Waals surface area contributed by atoms with Gasteiger partial charge in [0.2, 0.25) is 0 Å². The third kappa shape index (κ3) is 3.69. The van der Waals surface area contributed by atoms with Crippen LogP contribution in [0.2, 0.25) is 0 Å². The highest BCUT2D eigenvalue weighted by atomic mass is 16.7. The number of benzene rings is 1. The summed E-state index contributed by atoms with van der Waals surface area (Å²) in [5, 5.41) is 5.67. The molecule has 90 valence electrons. The molecule has 0 atom stereocenters. The van der Waals surface area contributed by atoms with Gasteiger partial charge < -0.3 is 4.52 Å². The van der Waals surface area contributed by atoms with Crippen LogP contribution in [0.25, 0.3) is 0 Å². The molecule has 0 saturated heterocycles. The third-order valence-corrected chi connectivity index (χ3v) is 2.36. The maximum Gasteiger partial charge on any atom is 0.133 e. The fourth-order valence-electron chi connectivity index (χ4n) is 1.53. The average Bonchev–Trinajstić information content (AvgIpc) is 2.73. The van der Waals surface area contributed by atoms with Crippen LogP contribution in [0.1, 0.15) is 17.0 Å². The predicted octanol–water partition coefficient (Wildman–Crippen LogP) is 2.55. The van der Waals surface area contributed by atoms with E-state index in [2.05, 4.69) is 5.16 Å². The topological polar surface area (TPSA) is 38.5 Å². The minimum absolute atomic E-state index is 0.564. The molecule has 0 radical (unpaired) electrons. The second-order valence-corrected chi connectivity index (χ2v) is 3.97. The van der Waals surface area contributed by atoms with Crippen molar-refractivity contribution in [3.05, 3.63) is 53.4 Å². The molecule has 0 unspecified atom stereocenters. The first-order chi connectivity index (χ1) is 8.24. The lowest BCUT2D eigenvalue weighted by molar-refractivity contribution is -0.158. The normalized spacial score (nSPS) is 11.0. The smallest absolute Gasteiger partial charge is 0.133 e. The van der Waals surface area contributed by atoms with Gasteiger partial charge >= 0.3 is 0 Å². The summed E-state index contributed by atoms with van der Waals surface area (Å²) in [6.07, 6.45) is 0. The molecule has 0 spiro atoms. The molecule has 0 amide bonds. The van der Waals surface area contributed by atoms with Crippen molar-refractivity contribution in [2.45, 2.75) is 20.1 Å². The summed E-state index contributed by atoms with van der Waals surface area (Å²) in [6, 6.07) is 12.0. The average molecular weight is 232 g/mol. The van der Waals surface area contributed by atoms with E-state index >= 15 is 0 Å². The van der Waals surface area contributed by atoms with Crippen LogP contribution < -0.4 is 0 Å². The first kappa shape index (κ1) is 11.8. The standard InChI is InChI=1S/C13H16N2O2/c1-11-8-13(14-17-11)9-15(2)16-10-12-6-4-3-5-7-12/h3-8H,9-10H2,1-2H3. The predicted molar refractivity (Wildman–Crippen MR) is 63.9 cm³/mol. The quantitative estimate of drug-likeness (QED) is 0.742. The van der Waals surface area contributed by atoms with Gasteiger partial charge in [0.05, 0.1) is 13.2 Å². The SMILES string of the molecule is Cc1cc(CN(C)OCc2ccccc2)no1. The van der Waals surface area contributed by atoms with E-state index in [-0.39, 0.29) is 0 Å². The summed E-state index contributed by atoms with van der Waals surface area (Å²) in [7, 11) is 1.88. The van der Waals surface area contributed by atoms with Crippen molar-refractivity contribution in [3.8, 4) is 0 Å². The summed E-state index contributed by atoms with van der Waals surface area (Å²) in [5.74, 6) is 0.816. The van der Waals surface area contributed by atoms with Crippen LogP contribution in [0.4, 0.5) is 0 Å². The second kappa shape index (κ2) is 5.61. The van der Waals surface area contributed by atoms with Crippen molar-refractivity contribution >= 4 is 0 Å². The molecule has 1 aromatic carbocycles. The first-order valence-electron chi connectivity index (χ1n) is 5.54. The van der Waals surface area contributed by atoms with Gasteiger partial charge in [-0.05, 0) is 12.5 Å². The van der Waals surface area contributed by atoms with Crippen molar-refractivity contribution in [1.29, 1.82) is 0 Å². The van der Waals surface area contributed by atoms with E-state index in [0.717, 1.165) is 17.0 Å². The number of hydrogen-bond acceptors (Lipinski definition) is 4. The molecule has 0 fully saturated rings. The molecule has 0 aliphatic heterocycles. The van der Waals surface area contributed by atoms with Crippen LogP contribution >= 0.6 is 0 Å². The molecule has 4 heteroatoms. The van der Waals surface area contributed by atoms with E-state index in [4.69, 9.17) is 9.36 Å². The van der Waals surface area contributed by atoms with Crippen LogP contribution in [-0.4, -0.2) is 17.3 Å². The highest BCUT2D eigenvalue weighted by molar-refractivity contribution is 5.13. The Hall–Kier alpha value is -1.65. The lowest BCUT2D eigenvalue weighted by Crippen LogP contribution is -2.18. The van der Waals surface area contributed by atoms with Gasteiger partial charge in [0, 0.05) is 13.1 Å². The summed E-state index contributed by atoms with van der Waals surface area (Å²) >= 11 is 0. The van der Waals surface area contributed by atoms with Gasteiger partial charge in [-0.2, -0.15) is 5.06 Å². The summed E-state index contributed by atoms with van der Waals surface area (Å²) < 4.78 is 5.00. The molecule has 0 bridgehead atoms. The van der Waals surface area contributed by atoms with Gasteiger partial charge in [-0.1, -0.05) is 35.5 Å². The largest absolute Gasteiger partial charge is 0.361 e. The fourth-order valence-corrected chi connectivity index (χ4v) is 1.53. The Morgan fingerprint density at radius 1 is 1.29 bits per heavy atom. The van der Waals surface area contributed by atoms with Gasteiger partial charge in [-0.3, -0.25) is 4.84 Å². The van der Waals surface area contributed by atoms with Crippen LogP contribution in [0, 0.1) is 6.92 Å². The van der Waals surface area contributed by atoms with Gasteiger partial charge in [-0.25, -0.2) is 0 Å². The molecular weight excluding hydrogens is 216 g/mol. The Labute approximate surface area is 101 Å². The molecule has 2 aromatic rings. The van der Waals surface area contributed by atoms with Crippen LogP contribution in [0.5, 0.6) is 0 Å². The zero-order chi connectivity index (χ0) is 12.1. The maximum atomic E-state index is 5.59. The summed E-state index contributed by atoms with van der Waals surface area (Å²) in [4.78, 5) is 5.59. The van der Waals surface area contributed by atoms with E-state index in [1.54, 1.807) is 5.06 Å². The van der Waals surface area contributed by atoms with Gasteiger partial charge in [0.25, 0.3) is 0 Å². The molecule has 2 rings (SSSR count). The van der Waals surface area contributed by atoms with E-state index in [1.165, 1.54) is 0 Å². The molecule has 17 heavy (non-hydrogen) atoms. The highest BCUT2D eigenvalue weighted by Crippen LogP contribution is 2.07. The minimum atomic E-state index is 0.564. The van der Waals surface area contributed by atoms with Crippen LogP contribution in [-0.2, 0) is 18.0 Å². The highest BCUT2D eigenvalue weighted by Gasteiger charge is 2.05. The van der Waals surface area contributed by atoms with Crippen LogP contribution in [0.3, 0.4) is 0 Å². The Kier molecular flexibility index (Phi) is 3.90. The monoisotopic (exact) mass is 232 g/mol. The second-order valence-electron chi connectivity index (χ2n) is 3.97. The molecule has 4 nitrogen and oxygen atoms in total. The molecule has 0 N–H and O–H groups in total. The van der Waals surface area contributed by atoms with Crippen molar-refractivity contribution in [2.75, 3.05) is 7.05 Å². The summed E-state index contributed by atoms with van der Waals surface area (Å²) in [6.45, 7) is 3.06. The van der Waals surface area contributed by atoms with Crippen LogP contribution in [0.15, 0.2) is 40.9 Å². The third-order valence-electron chi connectivity index (χ3n) is 2.36. The first-order valence-corrected chi connectivity index (χ1v) is 5.54. The molecule has 0 aliphatic rings. The van der Waals surface area contributed by atoms with E-state index in [9.17, 15) is 0 Å². The van der Waals surface area contributed by atoms with Crippen molar-refractivity contribution in [3.63, 3.8) is 0 Å². The van der Waals surface area contributed by atoms with E-state index in [1.807, 2.05) is 50.4 Å². The number of nitrogens with zero attached hydrogens (tertiary/aromatic N) is 2. The molecule has 0 aliphatic carbocycles. The Bertz CT molecular complexity index is 453. The Morgan fingerprint density at radius 3 is 2.71 bits per heavy atom. The Balaban J connectivity index is 1.80. The number of aromatic nitrogens is 1. The van der Waals surface area contributed by atoms with E-state index < -0.39 is 0 Å². The lowest BCUT2D eigenvalue weighted by Gasteiger charge is -2.14. The zero-order valence-electron chi connectivity index (χ0n) is 10.1. The Morgan fingerprint density at radius 2 is 2.06 bits per heavy atom. The van der Waals surface area contributed by atoms with Gasteiger partial charge in [-0.15, -0.1) is 0 Å². The van der Waals surface area contributed by atoms with Crippen molar-refractivity contribution in [1.82, 2.24) is 10.2 Å². The number of hydrogen-bond donors (Lipinski definition) is 0. The van der Waals surface area contributed by atoms with Crippen molar-refractivity contribution < 1.29 is 9.36 Å². The lowest BCUT2D eigenvalue weighted by atomic mass is 10.2. The zero-order valence-corrected chi connectivity index (χ0v) is 10.1. The van der Waals surface area contributed by atoms with Gasteiger partial charge in [0.15, 0.2) is 0 Å². The fraction of sp³-hybridized carbons (Fsp3) is 0.308.